The highest BCUT2D eigenvalue weighted by molar-refractivity contribution is 6.62. The van der Waals surface area contributed by atoms with E-state index < -0.39 is 5.60 Å². The van der Waals surface area contributed by atoms with Crippen LogP contribution in [0.1, 0.15) is 75.2 Å². The molecule has 3 rings (SSSR count). The molecular weight excluding hydrogens is 391 g/mol. The number of carbonyl (C=O) groups excluding carboxylic acids is 1. The fraction of sp³-hybridized carbons (Fsp3) is 0.708. The third-order valence-corrected chi connectivity index (χ3v) is 5.98. The van der Waals surface area contributed by atoms with E-state index in [1.54, 1.807) is 0 Å². The van der Waals surface area contributed by atoms with Gasteiger partial charge in [0.15, 0.2) is 0 Å². The van der Waals surface area contributed by atoms with E-state index in [4.69, 9.17) is 14.0 Å². The standard InChI is InChI=1S/C22H35BN2O4.C2H6/c1-20(2,3)27-19(26)24-17-11-13-25(14-12-17)18-10-8-9-16(15-18)23-28-21(4,5)22(6,7)29-23;1-2/h8-10,15,17H,11-14H2,1-7H3,(H,24,26);1-2H3. The van der Waals surface area contributed by atoms with Crippen molar-refractivity contribution >= 4 is 24.4 Å². The number of rotatable bonds is 3. The van der Waals surface area contributed by atoms with Gasteiger partial charge in [0, 0.05) is 24.8 Å². The summed E-state index contributed by atoms with van der Waals surface area (Å²) in [5, 5.41) is 2.99. The van der Waals surface area contributed by atoms with Gasteiger partial charge in [-0.05, 0) is 78.9 Å². The van der Waals surface area contributed by atoms with Crippen LogP contribution >= 0.6 is 0 Å². The van der Waals surface area contributed by atoms with Crippen LogP contribution < -0.4 is 15.7 Å². The van der Waals surface area contributed by atoms with Crippen LogP contribution in [0, 0.1) is 0 Å². The van der Waals surface area contributed by atoms with Gasteiger partial charge in [0.1, 0.15) is 5.60 Å². The van der Waals surface area contributed by atoms with Crippen molar-refractivity contribution in [3.63, 3.8) is 0 Å². The molecule has 1 aromatic carbocycles. The van der Waals surface area contributed by atoms with Crippen LogP contribution in [0.15, 0.2) is 24.3 Å². The Kier molecular flexibility index (Phi) is 8.09. The van der Waals surface area contributed by atoms with Crippen molar-refractivity contribution in [3.05, 3.63) is 24.3 Å². The van der Waals surface area contributed by atoms with Crippen molar-refractivity contribution in [2.75, 3.05) is 18.0 Å². The number of carbonyl (C=O) groups is 1. The Morgan fingerprint density at radius 2 is 1.65 bits per heavy atom. The largest absolute Gasteiger partial charge is 0.494 e. The van der Waals surface area contributed by atoms with Crippen molar-refractivity contribution in [3.8, 4) is 0 Å². The van der Waals surface area contributed by atoms with Crippen LogP contribution in [0.5, 0.6) is 0 Å². The number of nitrogens with one attached hydrogen (secondary N) is 1. The summed E-state index contributed by atoms with van der Waals surface area (Å²) in [6.07, 6.45) is 1.44. The molecule has 0 aromatic heterocycles. The highest BCUT2D eigenvalue weighted by Crippen LogP contribution is 2.36. The molecule has 0 aliphatic carbocycles. The molecule has 0 saturated carbocycles. The molecule has 2 saturated heterocycles. The van der Waals surface area contributed by atoms with Gasteiger partial charge < -0.3 is 24.3 Å². The number of hydrogen-bond acceptors (Lipinski definition) is 5. The molecule has 2 aliphatic rings. The minimum Gasteiger partial charge on any atom is -0.444 e. The van der Waals surface area contributed by atoms with E-state index in [-0.39, 0.29) is 30.5 Å². The van der Waals surface area contributed by atoms with Gasteiger partial charge in [0.2, 0.25) is 0 Å². The van der Waals surface area contributed by atoms with E-state index in [2.05, 4.69) is 62.2 Å². The lowest BCUT2D eigenvalue weighted by molar-refractivity contribution is 0.00578. The predicted octanol–water partition coefficient (Wildman–Crippen LogP) is 4.51. The lowest BCUT2D eigenvalue weighted by Gasteiger charge is -2.34. The zero-order chi connectivity index (χ0) is 23.4. The van der Waals surface area contributed by atoms with Gasteiger partial charge in [-0.3, -0.25) is 0 Å². The molecule has 1 N–H and O–H groups in total. The van der Waals surface area contributed by atoms with Crippen LogP contribution in [0.4, 0.5) is 10.5 Å². The summed E-state index contributed by atoms with van der Waals surface area (Å²) in [5.41, 5.74) is 1.03. The van der Waals surface area contributed by atoms with E-state index in [1.807, 2.05) is 34.6 Å². The molecule has 1 amide bonds. The first-order chi connectivity index (χ1) is 14.4. The molecular formula is C24H41BN2O4. The molecule has 31 heavy (non-hydrogen) atoms. The molecule has 0 atom stereocenters. The molecule has 1 aromatic rings. The lowest BCUT2D eigenvalue weighted by Crippen LogP contribution is -2.46. The van der Waals surface area contributed by atoms with Crippen LogP contribution in [0.2, 0.25) is 0 Å². The van der Waals surface area contributed by atoms with Gasteiger partial charge in [0.05, 0.1) is 11.2 Å². The van der Waals surface area contributed by atoms with Gasteiger partial charge in [-0.1, -0.05) is 26.0 Å². The predicted molar refractivity (Wildman–Crippen MR) is 128 cm³/mol. The molecule has 6 nitrogen and oxygen atoms in total. The first kappa shape index (κ1) is 25.5. The summed E-state index contributed by atoms with van der Waals surface area (Å²) in [6.45, 7) is 19.7. The van der Waals surface area contributed by atoms with Crippen LogP contribution in [0.3, 0.4) is 0 Å². The van der Waals surface area contributed by atoms with Gasteiger partial charge in [-0.25, -0.2) is 4.79 Å². The Hall–Kier alpha value is -1.73. The number of hydrogen-bond donors (Lipinski definition) is 1. The quantitative estimate of drug-likeness (QED) is 0.713. The average Bonchev–Trinajstić information content (AvgIpc) is 2.90. The third kappa shape index (κ3) is 6.63. The van der Waals surface area contributed by atoms with Gasteiger partial charge >= 0.3 is 13.2 Å². The summed E-state index contributed by atoms with van der Waals surface area (Å²) in [6, 6.07) is 8.54. The lowest BCUT2D eigenvalue weighted by atomic mass is 9.79. The highest BCUT2D eigenvalue weighted by atomic mass is 16.7. The van der Waals surface area contributed by atoms with Crippen molar-refractivity contribution < 1.29 is 18.8 Å². The summed E-state index contributed by atoms with van der Waals surface area (Å²) in [4.78, 5) is 14.3. The fourth-order valence-corrected chi connectivity index (χ4v) is 3.60. The maximum atomic E-state index is 12.0. The van der Waals surface area contributed by atoms with Gasteiger partial charge in [-0.15, -0.1) is 0 Å². The number of alkyl carbamates (subject to hydrolysis) is 1. The summed E-state index contributed by atoms with van der Waals surface area (Å²) >= 11 is 0. The molecule has 2 fully saturated rings. The average molecular weight is 432 g/mol. The normalized spacial score (nSPS) is 20.7. The van der Waals surface area contributed by atoms with E-state index in [1.165, 1.54) is 0 Å². The van der Waals surface area contributed by atoms with Crippen molar-refractivity contribution in [1.82, 2.24) is 5.32 Å². The van der Waals surface area contributed by atoms with Gasteiger partial charge in [-0.2, -0.15) is 0 Å². The van der Waals surface area contributed by atoms with Gasteiger partial charge in [0.25, 0.3) is 0 Å². The van der Waals surface area contributed by atoms with Crippen LogP contribution in [-0.2, 0) is 14.0 Å². The van der Waals surface area contributed by atoms with Crippen LogP contribution in [-0.4, -0.2) is 49.1 Å². The Morgan fingerprint density at radius 3 is 2.16 bits per heavy atom. The summed E-state index contributed by atoms with van der Waals surface area (Å²) in [5.74, 6) is 0. The topological polar surface area (TPSA) is 60.0 Å². The molecule has 0 bridgehead atoms. The van der Waals surface area contributed by atoms with Crippen molar-refractivity contribution in [1.29, 1.82) is 0 Å². The molecule has 2 heterocycles. The first-order valence-electron chi connectivity index (χ1n) is 11.6. The monoisotopic (exact) mass is 432 g/mol. The summed E-state index contributed by atoms with van der Waals surface area (Å²) in [7, 11) is -0.355. The zero-order valence-electron chi connectivity index (χ0n) is 20.9. The number of anilines is 1. The Bertz CT molecular complexity index is 721. The second kappa shape index (κ2) is 9.82. The fourth-order valence-electron chi connectivity index (χ4n) is 3.60. The number of ether oxygens (including phenoxy) is 1. The molecule has 0 spiro atoms. The van der Waals surface area contributed by atoms with E-state index in [0.717, 1.165) is 37.1 Å². The van der Waals surface area contributed by atoms with Crippen molar-refractivity contribution in [2.24, 2.45) is 0 Å². The molecule has 0 radical (unpaired) electrons. The van der Waals surface area contributed by atoms with E-state index in [9.17, 15) is 4.79 Å². The molecule has 174 valence electrons. The number of piperidine rings is 1. The molecule has 7 heteroatoms. The molecule has 2 aliphatic heterocycles. The smallest absolute Gasteiger partial charge is 0.444 e. The minimum absolute atomic E-state index is 0.146. The number of amides is 1. The Balaban J connectivity index is 0.00000166. The second-order valence-corrected chi connectivity index (χ2v) is 10.1. The van der Waals surface area contributed by atoms with E-state index in [0.29, 0.717) is 0 Å². The first-order valence-corrected chi connectivity index (χ1v) is 11.6. The Labute approximate surface area is 189 Å². The highest BCUT2D eigenvalue weighted by Gasteiger charge is 2.51. The van der Waals surface area contributed by atoms with Crippen molar-refractivity contribution in [2.45, 2.75) is 98.0 Å². The second-order valence-electron chi connectivity index (χ2n) is 10.1. The Morgan fingerprint density at radius 1 is 1.10 bits per heavy atom. The number of benzene rings is 1. The summed E-state index contributed by atoms with van der Waals surface area (Å²) < 4.78 is 17.7. The zero-order valence-corrected chi connectivity index (χ0v) is 20.9. The maximum Gasteiger partial charge on any atom is 0.494 e. The maximum absolute atomic E-state index is 12.0. The van der Waals surface area contributed by atoms with E-state index >= 15 is 0 Å². The molecule has 0 unspecified atom stereocenters. The minimum atomic E-state index is -0.473. The van der Waals surface area contributed by atoms with Crippen LogP contribution in [0.25, 0.3) is 0 Å². The third-order valence-electron chi connectivity index (χ3n) is 5.98. The number of nitrogens with zero attached hydrogens (tertiary/aromatic N) is 1. The SMILES string of the molecule is CC.CC(C)(C)OC(=O)NC1CCN(c2cccc(B3OC(C)(C)C(C)(C)O3)c2)CC1.